The van der Waals surface area contributed by atoms with Crippen molar-refractivity contribution < 1.29 is 17.9 Å². The predicted octanol–water partition coefficient (Wildman–Crippen LogP) is 4.55. The van der Waals surface area contributed by atoms with Crippen molar-refractivity contribution in [2.45, 2.75) is 18.6 Å². The van der Waals surface area contributed by atoms with Crippen molar-refractivity contribution in [1.29, 1.82) is 0 Å². The van der Waals surface area contributed by atoms with Crippen molar-refractivity contribution in [3.8, 4) is 11.4 Å². The molecule has 0 N–H and O–H groups in total. The van der Waals surface area contributed by atoms with Gasteiger partial charge in [-0.05, 0) is 35.9 Å². The van der Waals surface area contributed by atoms with Crippen LogP contribution in [0.3, 0.4) is 0 Å². The summed E-state index contributed by atoms with van der Waals surface area (Å²) in [6.07, 6.45) is -0.637. The first-order valence-corrected chi connectivity index (χ1v) is 10.4. The van der Waals surface area contributed by atoms with Gasteiger partial charge in [0.2, 0.25) is 5.90 Å². The van der Waals surface area contributed by atoms with Gasteiger partial charge >= 0.3 is 6.18 Å². The minimum Gasteiger partial charge on any atom is -0.474 e. The van der Waals surface area contributed by atoms with Crippen LogP contribution in [0, 0.1) is 0 Å². The van der Waals surface area contributed by atoms with E-state index in [2.05, 4.69) is 20.3 Å². The fraction of sp³-hybridized carbons (Fsp3) is 0.182. The van der Waals surface area contributed by atoms with Gasteiger partial charge in [-0.25, -0.2) is 14.7 Å². The van der Waals surface area contributed by atoms with E-state index in [4.69, 9.17) is 16.3 Å². The molecule has 0 radical (unpaired) electrons. The van der Waals surface area contributed by atoms with E-state index in [0.717, 1.165) is 34.9 Å². The molecule has 0 unspecified atom stereocenters. The maximum atomic E-state index is 13.1. The molecule has 7 nitrogen and oxygen atoms in total. The smallest absolute Gasteiger partial charge is 0.416 e. The molecule has 4 heterocycles. The highest BCUT2D eigenvalue weighted by Crippen LogP contribution is 2.35. The molecule has 0 saturated carbocycles. The van der Waals surface area contributed by atoms with Crippen LogP contribution in [0.5, 0.6) is 0 Å². The van der Waals surface area contributed by atoms with Crippen molar-refractivity contribution in [2.75, 3.05) is 6.61 Å². The standard InChI is InChI=1S/C22H14ClF3N6O/c23-14-4-5-17-18(7-14)32-15(9-28-30-32)8-19-20(27-11-31(17)19)21-29-16(10-33-21)12-2-1-3-13(6-12)22(24,25)26/h1-7,9,11,16H,8,10H2/t16-/m1/s1. The van der Waals surface area contributed by atoms with Gasteiger partial charge in [-0.1, -0.05) is 28.9 Å². The monoisotopic (exact) mass is 470 g/mol. The summed E-state index contributed by atoms with van der Waals surface area (Å²) in [7, 11) is 0. The molecule has 0 amide bonds. The third-order valence-corrected chi connectivity index (χ3v) is 5.95. The molecule has 0 fully saturated rings. The highest BCUT2D eigenvalue weighted by molar-refractivity contribution is 6.30. The molecule has 2 aromatic heterocycles. The first-order chi connectivity index (χ1) is 15.9. The van der Waals surface area contributed by atoms with E-state index in [1.165, 1.54) is 6.07 Å². The first kappa shape index (κ1) is 20.0. The molecule has 0 bridgehead atoms. The molecule has 166 valence electrons. The van der Waals surface area contributed by atoms with E-state index in [1.54, 1.807) is 35.4 Å². The lowest BCUT2D eigenvalue weighted by molar-refractivity contribution is -0.137. The van der Waals surface area contributed by atoms with E-state index < -0.39 is 17.8 Å². The number of imidazole rings is 1. The van der Waals surface area contributed by atoms with E-state index in [1.807, 2.05) is 10.6 Å². The molecule has 2 aromatic carbocycles. The predicted molar refractivity (Wildman–Crippen MR) is 113 cm³/mol. The summed E-state index contributed by atoms with van der Waals surface area (Å²) < 4.78 is 48.8. The van der Waals surface area contributed by atoms with Crippen LogP contribution in [0.4, 0.5) is 13.2 Å². The third-order valence-electron chi connectivity index (χ3n) is 5.71. The van der Waals surface area contributed by atoms with Crippen molar-refractivity contribution >= 4 is 17.5 Å². The van der Waals surface area contributed by atoms with Crippen LogP contribution in [-0.4, -0.2) is 37.0 Å². The van der Waals surface area contributed by atoms with Crippen LogP contribution in [0.15, 0.2) is 60.0 Å². The van der Waals surface area contributed by atoms with E-state index in [0.29, 0.717) is 28.6 Å². The third kappa shape index (κ3) is 3.29. The molecule has 1 atom stereocenters. The number of ether oxygens (including phenoxy) is 1. The van der Waals surface area contributed by atoms with Crippen LogP contribution in [0.2, 0.25) is 5.02 Å². The minimum absolute atomic E-state index is 0.134. The number of hydrogen-bond acceptors (Lipinski definition) is 5. The van der Waals surface area contributed by atoms with Crippen molar-refractivity contribution in [1.82, 2.24) is 24.5 Å². The molecular formula is C22H14ClF3N6O. The molecule has 4 aromatic rings. The molecule has 0 aliphatic carbocycles. The summed E-state index contributed by atoms with van der Waals surface area (Å²) in [4.78, 5) is 9.10. The average Bonchev–Trinajstić information content (AvgIpc) is 3.52. The maximum Gasteiger partial charge on any atom is 0.416 e. The van der Waals surface area contributed by atoms with Gasteiger partial charge in [0.25, 0.3) is 0 Å². The molecule has 2 aliphatic heterocycles. The van der Waals surface area contributed by atoms with Crippen LogP contribution < -0.4 is 0 Å². The second-order valence-corrected chi connectivity index (χ2v) is 8.18. The Morgan fingerprint density at radius 2 is 1.97 bits per heavy atom. The SMILES string of the molecule is FC(F)(F)c1cccc([C@H]2COC(c3ncn4c3Cc3cnnn3-c3cc(Cl)ccc3-4)=N2)c1. The average molecular weight is 471 g/mol. The van der Waals surface area contributed by atoms with Gasteiger partial charge < -0.3 is 4.74 Å². The number of aromatic nitrogens is 5. The number of fused-ring (bicyclic) bond motifs is 5. The quantitative estimate of drug-likeness (QED) is 0.379. The summed E-state index contributed by atoms with van der Waals surface area (Å²) in [5.74, 6) is 0.294. The number of nitrogens with zero attached hydrogens (tertiary/aromatic N) is 6. The van der Waals surface area contributed by atoms with Crippen LogP contribution in [0.25, 0.3) is 11.4 Å². The summed E-state index contributed by atoms with van der Waals surface area (Å²) in [5, 5.41) is 8.78. The largest absolute Gasteiger partial charge is 0.474 e. The zero-order valence-electron chi connectivity index (χ0n) is 16.8. The number of benzene rings is 2. The van der Waals surface area contributed by atoms with Crippen LogP contribution in [-0.2, 0) is 17.3 Å². The van der Waals surface area contributed by atoms with E-state index >= 15 is 0 Å². The normalized spacial score (nSPS) is 17.0. The molecule has 0 spiro atoms. The molecular weight excluding hydrogens is 457 g/mol. The summed E-state index contributed by atoms with van der Waals surface area (Å²) in [6.45, 7) is 0.134. The van der Waals surface area contributed by atoms with E-state index in [9.17, 15) is 13.2 Å². The van der Waals surface area contributed by atoms with Gasteiger partial charge in [-0.3, -0.25) is 4.57 Å². The van der Waals surface area contributed by atoms with Gasteiger partial charge in [0.05, 0.1) is 34.5 Å². The number of rotatable bonds is 2. The summed E-state index contributed by atoms with van der Waals surface area (Å²) in [6, 6.07) is 10.0. The Hall–Kier alpha value is -3.66. The summed E-state index contributed by atoms with van der Waals surface area (Å²) >= 11 is 6.22. The Morgan fingerprint density at radius 1 is 1.09 bits per heavy atom. The zero-order valence-corrected chi connectivity index (χ0v) is 17.5. The second kappa shape index (κ2) is 7.17. The van der Waals surface area contributed by atoms with Gasteiger partial charge in [0, 0.05) is 11.4 Å². The van der Waals surface area contributed by atoms with E-state index in [-0.39, 0.29) is 6.61 Å². The van der Waals surface area contributed by atoms with Crippen molar-refractivity contribution in [3.63, 3.8) is 0 Å². The number of alkyl halides is 3. The number of aliphatic imine (C=N–C) groups is 1. The lowest BCUT2D eigenvalue weighted by atomic mass is 10.0. The Labute approximate surface area is 190 Å². The first-order valence-electron chi connectivity index (χ1n) is 10.0. The molecule has 33 heavy (non-hydrogen) atoms. The van der Waals surface area contributed by atoms with Crippen LogP contribution >= 0.6 is 11.6 Å². The lowest BCUT2D eigenvalue weighted by Gasteiger charge is -2.10. The van der Waals surface area contributed by atoms with Crippen LogP contribution in [0.1, 0.15) is 34.3 Å². The van der Waals surface area contributed by atoms with Crippen molar-refractivity contribution in [3.05, 3.63) is 88.2 Å². The Morgan fingerprint density at radius 3 is 2.82 bits per heavy atom. The molecule has 2 aliphatic rings. The fourth-order valence-corrected chi connectivity index (χ4v) is 4.31. The molecule has 6 rings (SSSR count). The Kier molecular flexibility index (Phi) is 4.34. The number of hydrogen-bond donors (Lipinski definition) is 0. The molecule has 11 heteroatoms. The van der Waals surface area contributed by atoms with Gasteiger partial charge in [-0.15, -0.1) is 5.10 Å². The van der Waals surface area contributed by atoms with Crippen molar-refractivity contribution in [2.24, 2.45) is 4.99 Å². The van der Waals surface area contributed by atoms with Gasteiger partial charge in [0.15, 0.2) is 0 Å². The Balaban J connectivity index is 1.42. The minimum atomic E-state index is -4.42. The maximum absolute atomic E-state index is 13.1. The Bertz CT molecular complexity index is 1420. The lowest BCUT2D eigenvalue weighted by Crippen LogP contribution is -2.08. The van der Waals surface area contributed by atoms with Gasteiger partial charge in [0.1, 0.15) is 24.7 Å². The summed E-state index contributed by atoms with van der Waals surface area (Å²) in [5.41, 5.74) is 3.46. The second-order valence-electron chi connectivity index (χ2n) is 7.74. The highest BCUT2D eigenvalue weighted by Gasteiger charge is 2.33. The molecule has 0 saturated heterocycles. The highest BCUT2D eigenvalue weighted by atomic mass is 35.5. The van der Waals surface area contributed by atoms with Gasteiger partial charge in [-0.2, -0.15) is 13.2 Å². The number of halogens is 4. The topological polar surface area (TPSA) is 70.1 Å². The zero-order chi connectivity index (χ0) is 22.7. The fourth-order valence-electron chi connectivity index (χ4n) is 4.15.